The Morgan fingerprint density at radius 3 is 2.50 bits per heavy atom. The first-order chi connectivity index (χ1) is 5.57. The summed E-state index contributed by atoms with van der Waals surface area (Å²) in [6.07, 6.45) is 2.85. The highest BCUT2D eigenvalue weighted by Crippen LogP contribution is 2.10. The zero-order chi connectivity index (χ0) is 9.56. The van der Waals surface area contributed by atoms with Crippen molar-refractivity contribution in [3.05, 3.63) is 23.8 Å². The van der Waals surface area contributed by atoms with Crippen LogP contribution < -0.4 is 0 Å². The van der Waals surface area contributed by atoms with Gasteiger partial charge < -0.3 is 10.2 Å². The summed E-state index contributed by atoms with van der Waals surface area (Å²) in [6, 6.07) is 0. The zero-order valence-corrected chi connectivity index (χ0v) is 7.88. The second-order valence-corrected chi connectivity index (χ2v) is 3.13. The van der Waals surface area contributed by atoms with E-state index in [0.717, 1.165) is 17.6 Å². The van der Waals surface area contributed by atoms with Crippen LogP contribution in [0.25, 0.3) is 0 Å². The van der Waals surface area contributed by atoms with Crippen LogP contribution in [-0.2, 0) is 0 Å². The molecule has 2 nitrogen and oxygen atoms in total. The van der Waals surface area contributed by atoms with E-state index in [1.165, 1.54) is 0 Å². The molecule has 2 N–H and O–H groups in total. The van der Waals surface area contributed by atoms with Crippen LogP contribution in [0.5, 0.6) is 0 Å². The summed E-state index contributed by atoms with van der Waals surface area (Å²) in [5, 5.41) is 17.9. The standard InChI is InChI=1S/C10H18O2/c1-8(2)10(12)5-4-9(3)6-7-11/h6,10-12H,1,4-5,7H2,2-3H3. The third-order valence-corrected chi connectivity index (χ3v) is 1.82. The molecular formula is C10H18O2. The number of aliphatic hydroxyl groups excluding tert-OH is 2. The lowest BCUT2D eigenvalue weighted by Crippen LogP contribution is -2.06. The molecule has 0 aromatic heterocycles. The Balaban J connectivity index is 3.68. The highest BCUT2D eigenvalue weighted by Gasteiger charge is 2.03. The molecule has 0 aromatic rings. The summed E-state index contributed by atoms with van der Waals surface area (Å²) in [4.78, 5) is 0. The van der Waals surface area contributed by atoms with E-state index in [4.69, 9.17) is 5.11 Å². The fraction of sp³-hybridized carbons (Fsp3) is 0.600. The number of rotatable bonds is 5. The monoisotopic (exact) mass is 170 g/mol. The summed E-state index contributed by atoms with van der Waals surface area (Å²) in [6.45, 7) is 7.50. The van der Waals surface area contributed by atoms with Gasteiger partial charge in [-0.2, -0.15) is 0 Å². The largest absolute Gasteiger partial charge is 0.392 e. The Hall–Kier alpha value is -0.600. The Morgan fingerprint density at radius 1 is 1.50 bits per heavy atom. The van der Waals surface area contributed by atoms with Crippen molar-refractivity contribution < 1.29 is 10.2 Å². The normalized spacial score (nSPS) is 14.5. The lowest BCUT2D eigenvalue weighted by Gasteiger charge is -2.09. The average molecular weight is 170 g/mol. The van der Waals surface area contributed by atoms with Gasteiger partial charge in [0.1, 0.15) is 0 Å². The van der Waals surface area contributed by atoms with E-state index in [1.807, 2.05) is 13.8 Å². The van der Waals surface area contributed by atoms with E-state index in [2.05, 4.69) is 6.58 Å². The lowest BCUT2D eigenvalue weighted by atomic mass is 10.0. The van der Waals surface area contributed by atoms with Gasteiger partial charge in [-0.1, -0.05) is 23.8 Å². The summed E-state index contributed by atoms with van der Waals surface area (Å²) < 4.78 is 0. The van der Waals surface area contributed by atoms with Crippen LogP contribution in [0.3, 0.4) is 0 Å². The third kappa shape index (κ3) is 5.10. The fourth-order valence-electron chi connectivity index (χ4n) is 0.869. The predicted octanol–water partition coefficient (Wildman–Crippen LogP) is 1.64. The molecular weight excluding hydrogens is 152 g/mol. The Morgan fingerprint density at radius 2 is 2.08 bits per heavy atom. The molecule has 0 radical (unpaired) electrons. The van der Waals surface area contributed by atoms with Gasteiger partial charge in [0.05, 0.1) is 12.7 Å². The van der Waals surface area contributed by atoms with Gasteiger partial charge >= 0.3 is 0 Å². The molecule has 0 aromatic carbocycles. The predicted molar refractivity (Wildman–Crippen MR) is 50.9 cm³/mol. The van der Waals surface area contributed by atoms with Crippen LogP contribution in [0, 0.1) is 0 Å². The maximum Gasteiger partial charge on any atom is 0.0747 e. The minimum absolute atomic E-state index is 0.0784. The first-order valence-corrected chi connectivity index (χ1v) is 4.18. The van der Waals surface area contributed by atoms with Gasteiger partial charge in [0.2, 0.25) is 0 Å². The molecule has 0 amide bonds. The molecule has 12 heavy (non-hydrogen) atoms. The van der Waals surface area contributed by atoms with Crippen LogP contribution in [0.15, 0.2) is 23.8 Å². The summed E-state index contributed by atoms with van der Waals surface area (Å²) in [5.41, 5.74) is 1.91. The molecule has 0 heterocycles. The van der Waals surface area contributed by atoms with E-state index < -0.39 is 6.10 Å². The summed E-state index contributed by atoms with van der Waals surface area (Å²) in [5.74, 6) is 0. The average Bonchev–Trinajstić information content (AvgIpc) is 2.00. The van der Waals surface area contributed by atoms with Gasteiger partial charge in [0.15, 0.2) is 0 Å². The van der Waals surface area contributed by atoms with Gasteiger partial charge in [0, 0.05) is 0 Å². The number of hydrogen-bond acceptors (Lipinski definition) is 2. The molecule has 0 saturated carbocycles. The molecule has 2 heteroatoms. The van der Waals surface area contributed by atoms with Crippen molar-refractivity contribution in [2.24, 2.45) is 0 Å². The Bertz CT molecular complexity index is 171. The number of allylic oxidation sites excluding steroid dienone is 1. The summed E-state index contributed by atoms with van der Waals surface area (Å²) in [7, 11) is 0. The van der Waals surface area contributed by atoms with Crippen molar-refractivity contribution in [1.82, 2.24) is 0 Å². The second-order valence-electron chi connectivity index (χ2n) is 3.13. The fourth-order valence-corrected chi connectivity index (χ4v) is 0.869. The molecule has 70 valence electrons. The lowest BCUT2D eigenvalue weighted by molar-refractivity contribution is 0.201. The molecule has 1 atom stereocenters. The molecule has 0 rings (SSSR count). The van der Waals surface area contributed by atoms with Gasteiger partial charge in [0.25, 0.3) is 0 Å². The van der Waals surface area contributed by atoms with E-state index in [9.17, 15) is 5.11 Å². The molecule has 0 aliphatic heterocycles. The molecule has 1 unspecified atom stereocenters. The maximum atomic E-state index is 9.35. The van der Waals surface area contributed by atoms with Gasteiger partial charge in [-0.3, -0.25) is 0 Å². The van der Waals surface area contributed by atoms with Crippen molar-refractivity contribution in [3.8, 4) is 0 Å². The molecule has 0 fully saturated rings. The number of hydrogen-bond donors (Lipinski definition) is 2. The van der Waals surface area contributed by atoms with Crippen LogP contribution in [0.1, 0.15) is 26.7 Å². The van der Waals surface area contributed by atoms with E-state index in [0.29, 0.717) is 6.42 Å². The van der Waals surface area contributed by atoms with Gasteiger partial charge in [-0.15, -0.1) is 0 Å². The highest BCUT2D eigenvalue weighted by molar-refractivity contribution is 5.02. The quantitative estimate of drug-likeness (QED) is 0.616. The van der Waals surface area contributed by atoms with Crippen LogP contribution in [-0.4, -0.2) is 22.9 Å². The first kappa shape index (κ1) is 11.4. The second kappa shape index (κ2) is 5.98. The number of aliphatic hydroxyl groups is 2. The van der Waals surface area contributed by atoms with E-state index in [1.54, 1.807) is 6.08 Å². The SMILES string of the molecule is C=C(C)C(O)CCC(C)=CCO. The van der Waals surface area contributed by atoms with Crippen LogP contribution in [0.2, 0.25) is 0 Å². The Kier molecular flexibility index (Phi) is 5.68. The Labute approximate surface area is 74.2 Å². The van der Waals surface area contributed by atoms with E-state index >= 15 is 0 Å². The van der Waals surface area contributed by atoms with Crippen molar-refractivity contribution in [2.45, 2.75) is 32.8 Å². The van der Waals surface area contributed by atoms with Crippen molar-refractivity contribution >= 4 is 0 Å². The van der Waals surface area contributed by atoms with Crippen LogP contribution in [0.4, 0.5) is 0 Å². The van der Waals surface area contributed by atoms with Crippen molar-refractivity contribution in [2.75, 3.05) is 6.61 Å². The minimum atomic E-state index is -0.410. The topological polar surface area (TPSA) is 40.5 Å². The highest BCUT2D eigenvalue weighted by atomic mass is 16.3. The molecule has 0 spiro atoms. The zero-order valence-electron chi connectivity index (χ0n) is 7.88. The molecule has 0 bridgehead atoms. The summed E-state index contributed by atoms with van der Waals surface area (Å²) >= 11 is 0. The molecule has 0 aliphatic rings. The smallest absolute Gasteiger partial charge is 0.0747 e. The van der Waals surface area contributed by atoms with E-state index in [-0.39, 0.29) is 6.61 Å². The van der Waals surface area contributed by atoms with Crippen LogP contribution >= 0.6 is 0 Å². The molecule has 0 saturated heterocycles. The van der Waals surface area contributed by atoms with Gasteiger partial charge in [-0.25, -0.2) is 0 Å². The molecule has 0 aliphatic carbocycles. The van der Waals surface area contributed by atoms with Crippen molar-refractivity contribution in [1.29, 1.82) is 0 Å². The first-order valence-electron chi connectivity index (χ1n) is 4.18. The maximum absolute atomic E-state index is 9.35. The van der Waals surface area contributed by atoms with Gasteiger partial charge in [-0.05, 0) is 26.7 Å². The van der Waals surface area contributed by atoms with Crippen molar-refractivity contribution in [3.63, 3.8) is 0 Å². The third-order valence-electron chi connectivity index (χ3n) is 1.82. The minimum Gasteiger partial charge on any atom is -0.392 e.